The van der Waals surface area contributed by atoms with Gasteiger partial charge in [-0.2, -0.15) is 0 Å². The Hall–Kier alpha value is 0.130. The van der Waals surface area contributed by atoms with Gasteiger partial charge in [0.1, 0.15) is 6.29 Å². The summed E-state index contributed by atoms with van der Waals surface area (Å²) in [5.41, 5.74) is 0.359. The smallest absolute Gasteiger partial charge is 1.00 e. The van der Waals surface area contributed by atoms with Crippen molar-refractivity contribution in [2.75, 3.05) is 6.26 Å². The summed E-state index contributed by atoms with van der Waals surface area (Å²) in [5.74, 6) is 0. The van der Waals surface area contributed by atoms with Crippen molar-refractivity contribution in [2.45, 2.75) is 4.90 Å². The van der Waals surface area contributed by atoms with E-state index in [1.54, 1.807) is 0 Å². The SMILES string of the molecule is CS(=O)(=O)c1ccc(C=O)cc1Cl.[H-].[Na+]. The van der Waals surface area contributed by atoms with Crippen LogP contribution in [0.15, 0.2) is 23.1 Å². The third-order valence-electron chi connectivity index (χ3n) is 1.49. The number of sulfone groups is 1. The number of carbonyl (C=O) groups excluding carboxylic acids is 1. The molecule has 0 unspecified atom stereocenters. The van der Waals surface area contributed by atoms with E-state index in [4.69, 9.17) is 11.6 Å². The minimum Gasteiger partial charge on any atom is -1.00 e. The van der Waals surface area contributed by atoms with E-state index in [2.05, 4.69) is 0 Å². The van der Waals surface area contributed by atoms with Crippen molar-refractivity contribution in [2.24, 2.45) is 0 Å². The molecule has 0 bridgehead atoms. The zero-order chi connectivity index (χ0) is 10.1. The zero-order valence-corrected chi connectivity index (χ0v) is 11.4. The number of aldehydes is 1. The van der Waals surface area contributed by atoms with Gasteiger partial charge in [0.15, 0.2) is 9.84 Å². The van der Waals surface area contributed by atoms with Crippen LogP contribution in [-0.4, -0.2) is 21.0 Å². The van der Waals surface area contributed by atoms with Crippen LogP contribution >= 0.6 is 11.6 Å². The summed E-state index contributed by atoms with van der Waals surface area (Å²) in [6.07, 6.45) is 1.67. The third-order valence-corrected chi connectivity index (χ3v) is 3.07. The van der Waals surface area contributed by atoms with Gasteiger partial charge in [-0.15, -0.1) is 0 Å². The number of hydrogen-bond donors (Lipinski definition) is 0. The normalized spacial score (nSPS) is 10.4. The van der Waals surface area contributed by atoms with E-state index in [1.807, 2.05) is 0 Å². The van der Waals surface area contributed by atoms with E-state index < -0.39 is 9.84 Å². The molecule has 0 aromatic heterocycles. The van der Waals surface area contributed by atoms with Crippen molar-refractivity contribution in [1.82, 2.24) is 0 Å². The predicted octanol–water partition coefficient (Wildman–Crippen LogP) is -1.33. The molecule has 0 heterocycles. The predicted molar refractivity (Wildman–Crippen MR) is 51.1 cm³/mol. The van der Waals surface area contributed by atoms with E-state index in [9.17, 15) is 13.2 Å². The summed E-state index contributed by atoms with van der Waals surface area (Å²) in [4.78, 5) is 10.4. The van der Waals surface area contributed by atoms with E-state index in [0.717, 1.165) is 6.26 Å². The Balaban J connectivity index is 0. The fourth-order valence-corrected chi connectivity index (χ4v) is 2.23. The van der Waals surface area contributed by atoms with Crippen LogP contribution in [-0.2, 0) is 9.84 Å². The number of carbonyl (C=O) groups is 1. The molecule has 0 atom stereocenters. The van der Waals surface area contributed by atoms with Gasteiger partial charge in [-0.05, 0) is 12.1 Å². The molecule has 0 saturated heterocycles. The summed E-state index contributed by atoms with van der Waals surface area (Å²) in [5, 5.41) is 0.0760. The quantitative estimate of drug-likeness (QED) is 0.477. The zero-order valence-electron chi connectivity index (χ0n) is 8.82. The molecule has 0 amide bonds. The Labute approximate surface area is 111 Å². The van der Waals surface area contributed by atoms with Crippen LogP contribution in [0.3, 0.4) is 0 Å². The minimum atomic E-state index is -3.31. The largest absolute Gasteiger partial charge is 1.00 e. The molecule has 0 aliphatic carbocycles. The monoisotopic (exact) mass is 242 g/mol. The van der Waals surface area contributed by atoms with Gasteiger partial charge in [0, 0.05) is 11.8 Å². The Morgan fingerprint density at radius 1 is 1.43 bits per heavy atom. The van der Waals surface area contributed by atoms with Crippen LogP contribution < -0.4 is 29.6 Å². The molecule has 0 aliphatic rings. The average Bonchev–Trinajstić information content (AvgIpc) is 2.01. The van der Waals surface area contributed by atoms with Crippen molar-refractivity contribution in [1.29, 1.82) is 0 Å². The number of hydrogen-bond acceptors (Lipinski definition) is 3. The van der Waals surface area contributed by atoms with Crippen LogP contribution in [0, 0.1) is 0 Å². The van der Waals surface area contributed by atoms with Crippen LogP contribution in [0.1, 0.15) is 11.8 Å². The Bertz CT molecular complexity index is 447. The summed E-state index contributed by atoms with van der Waals surface area (Å²) < 4.78 is 22.2. The molecule has 1 aromatic carbocycles. The fourth-order valence-electron chi connectivity index (χ4n) is 0.891. The first-order chi connectivity index (χ1) is 5.95. The van der Waals surface area contributed by atoms with Crippen LogP contribution in [0.2, 0.25) is 5.02 Å². The molecule has 1 rings (SSSR count). The first-order valence-electron chi connectivity index (χ1n) is 3.40. The van der Waals surface area contributed by atoms with E-state index >= 15 is 0 Å². The summed E-state index contributed by atoms with van der Waals surface area (Å²) in [7, 11) is -3.31. The number of halogens is 1. The standard InChI is InChI=1S/C8H7ClO3S.Na.H/c1-13(11,12)8-3-2-6(5-10)4-7(8)9;;/h2-5H,1H3;;/q;+1;-1. The second kappa shape index (κ2) is 5.28. The Morgan fingerprint density at radius 2 is 2.00 bits per heavy atom. The van der Waals surface area contributed by atoms with Gasteiger partial charge in [0.25, 0.3) is 0 Å². The van der Waals surface area contributed by atoms with Crippen LogP contribution in [0.25, 0.3) is 0 Å². The molecule has 0 fully saturated rings. The van der Waals surface area contributed by atoms with Crippen molar-refractivity contribution >= 4 is 27.7 Å². The first kappa shape index (κ1) is 14.1. The van der Waals surface area contributed by atoms with E-state index in [0.29, 0.717) is 11.8 Å². The first-order valence-corrected chi connectivity index (χ1v) is 5.67. The van der Waals surface area contributed by atoms with Crippen molar-refractivity contribution in [3.8, 4) is 0 Å². The molecular formula is C8H8ClNaO3S. The molecule has 0 spiro atoms. The van der Waals surface area contributed by atoms with Gasteiger partial charge in [0.2, 0.25) is 0 Å². The van der Waals surface area contributed by atoms with Gasteiger partial charge in [0.05, 0.1) is 9.92 Å². The molecule has 72 valence electrons. The average molecular weight is 243 g/mol. The van der Waals surface area contributed by atoms with Gasteiger partial charge in [-0.1, -0.05) is 17.7 Å². The second-order valence-electron chi connectivity index (χ2n) is 2.58. The Morgan fingerprint density at radius 3 is 2.36 bits per heavy atom. The van der Waals surface area contributed by atoms with Crippen molar-refractivity contribution in [3.63, 3.8) is 0 Å². The summed E-state index contributed by atoms with van der Waals surface area (Å²) >= 11 is 5.65. The maximum atomic E-state index is 11.1. The molecule has 0 radical (unpaired) electrons. The molecular weight excluding hydrogens is 235 g/mol. The number of rotatable bonds is 2. The maximum absolute atomic E-state index is 11.1. The molecule has 0 aliphatic heterocycles. The molecule has 1 aromatic rings. The fraction of sp³-hybridized carbons (Fsp3) is 0.125. The third kappa shape index (κ3) is 3.37. The van der Waals surface area contributed by atoms with Gasteiger partial charge >= 0.3 is 29.6 Å². The van der Waals surface area contributed by atoms with Crippen molar-refractivity contribution in [3.05, 3.63) is 28.8 Å². The molecule has 0 N–H and O–H groups in total. The van der Waals surface area contributed by atoms with Gasteiger partial charge in [-0.3, -0.25) is 4.79 Å². The van der Waals surface area contributed by atoms with Crippen LogP contribution in [0.5, 0.6) is 0 Å². The molecule has 14 heavy (non-hydrogen) atoms. The van der Waals surface area contributed by atoms with Gasteiger partial charge < -0.3 is 1.43 Å². The van der Waals surface area contributed by atoms with E-state index in [-0.39, 0.29) is 40.9 Å². The van der Waals surface area contributed by atoms with E-state index in [1.165, 1.54) is 18.2 Å². The molecule has 0 saturated carbocycles. The second-order valence-corrected chi connectivity index (χ2v) is 4.97. The Kier molecular flexibility index (Phi) is 5.33. The van der Waals surface area contributed by atoms with Crippen LogP contribution in [0.4, 0.5) is 0 Å². The summed E-state index contributed by atoms with van der Waals surface area (Å²) in [6.45, 7) is 0. The summed E-state index contributed by atoms with van der Waals surface area (Å²) in [6, 6.07) is 4.06. The number of benzene rings is 1. The topological polar surface area (TPSA) is 51.2 Å². The minimum absolute atomic E-state index is 0. The van der Waals surface area contributed by atoms with Crippen molar-refractivity contribution < 1.29 is 44.2 Å². The molecule has 6 heteroatoms. The molecule has 3 nitrogen and oxygen atoms in total. The van der Waals surface area contributed by atoms with Gasteiger partial charge in [-0.25, -0.2) is 8.42 Å². The maximum Gasteiger partial charge on any atom is 1.00 e.